The third-order valence-corrected chi connectivity index (χ3v) is 3.57. The lowest BCUT2D eigenvalue weighted by Crippen LogP contribution is -2.34. The van der Waals surface area contributed by atoms with E-state index < -0.39 is 0 Å². The van der Waals surface area contributed by atoms with Crippen LogP contribution < -0.4 is 5.32 Å². The SMILES string of the molecule is OCc1noc2c1CC(NCc1ccccn1)CC2. The van der Waals surface area contributed by atoms with Gasteiger partial charge in [0.2, 0.25) is 0 Å². The van der Waals surface area contributed by atoms with Gasteiger partial charge in [-0.05, 0) is 25.0 Å². The first-order valence-electron chi connectivity index (χ1n) is 6.57. The van der Waals surface area contributed by atoms with E-state index in [1.807, 2.05) is 18.2 Å². The summed E-state index contributed by atoms with van der Waals surface area (Å²) in [5.74, 6) is 0.930. The van der Waals surface area contributed by atoms with Crippen LogP contribution in [0.25, 0.3) is 0 Å². The van der Waals surface area contributed by atoms with E-state index in [0.29, 0.717) is 11.7 Å². The Hall–Kier alpha value is -1.72. The minimum Gasteiger partial charge on any atom is -0.390 e. The van der Waals surface area contributed by atoms with Crippen molar-refractivity contribution in [2.75, 3.05) is 0 Å². The number of pyridine rings is 1. The minimum atomic E-state index is -0.0498. The second kappa shape index (κ2) is 5.50. The van der Waals surface area contributed by atoms with Gasteiger partial charge in [-0.3, -0.25) is 4.98 Å². The number of nitrogens with one attached hydrogen (secondary N) is 1. The average molecular weight is 259 g/mol. The Bertz CT molecular complexity index is 525. The lowest BCUT2D eigenvalue weighted by Gasteiger charge is -2.22. The smallest absolute Gasteiger partial charge is 0.140 e. The predicted octanol–water partition coefficient (Wildman–Crippen LogP) is 1.21. The van der Waals surface area contributed by atoms with Crippen LogP contribution in [0, 0.1) is 0 Å². The van der Waals surface area contributed by atoms with Gasteiger partial charge in [0.15, 0.2) is 0 Å². The topological polar surface area (TPSA) is 71.2 Å². The van der Waals surface area contributed by atoms with Crippen LogP contribution in [-0.4, -0.2) is 21.3 Å². The number of aliphatic hydroxyl groups excluding tert-OH is 1. The average Bonchev–Trinajstić information content (AvgIpc) is 2.88. The summed E-state index contributed by atoms with van der Waals surface area (Å²) in [4.78, 5) is 4.30. The van der Waals surface area contributed by atoms with Gasteiger partial charge >= 0.3 is 0 Å². The zero-order chi connectivity index (χ0) is 13.1. The van der Waals surface area contributed by atoms with E-state index in [-0.39, 0.29) is 6.61 Å². The van der Waals surface area contributed by atoms with Crippen molar-refractivity contribution in [3.05, 3.63) is 47.1 Å². The Morgan fingerprint density at radius 2 is 2.37 bits per heavy atom. The Morgan fingerprint density at radius 3 is 3.16 bits per heavy atom. The maximum atomic E-state index is 9.22. The molecule has 2 aromatic heterocycles. The van der Waals surface area contributed by atoms with E-state index in [4.69, 9.17) is 4.52 Å². The molecule has 0 bridgehead atoms. The maximum absolute atomic E-state index is 9.22. The number of rotatable bonds is 4. The van der Waals surface area contributed by atoms with Crippen molar-refractivity contribution in [1.29, 1.82) is 0 Å². The molecule has 5 heteroatoms. The molecule has 5 nitrogen and oxygen atoms in total. The van der Waals surface area contributed by atoms with Gasteiger partial charge in [-0.25, -0.2) is 0 Å². The summed E-state index contributed by atoms with van der Waals surface area (Å²) in [6, 6.07) is 6.31. The van der Waals surface area contributed by atoms with Gasteiger partial charge in [-0.2, -0.15) is 0 Å². The molecule has 1 aliphatic carbocycles. The molecule has 2 aromatic rings. The van der Waals surface area contributed by atoms with Gasteiger partial charge in [0.1, 0.15) is 11.5 Å². The van der Waals surface area contributed by atoms with E-state index in [0.717, 1.165) is 42.8 Å². The molecule has 0 fully saturated rings. The highest BCUT2D eigenvalue weighted by molar-refractivity contribution is 5.26. The van der Waals surface area contributed by atoms with Crippen LogP contribution in [0.15, 0.2) is 28.9 Å². The van der Waals surface area contributed by atoms with Gasteiger partial charge in [0.25, 0.3) is 0 Å². The quantitative estimate of drug-likeness (QED) is 0.863. The van der Waals surface area contributed by atoms with Crippen molar-refractivity contribution in [3.63, 3.8) is 0 Å². The zero-order valence-electron chi connectivity index (χ0n) is 10.7. The Kier molecular flexibility index (Phi) is 3.57. The lowest BCUT2D eigenvalue weighted by atomic mass is 9.92. The van der Waals surface area contributed by atoms with Crippen molar-refractivity contribution in [2.45, 2.75) is 38.5 Å². The summed E-state index contributed by atoms with van der Waals surface area (Å²) >= 11 is 0. The number of aliphatic hydroxyl groups is 1. The Labute approximate surface area is 111 Å². The largest absolute Gasteiger partial charge is 0.390 e. The molecule has 2 N–H and O–H groups in total. The third-order valence-electron chi connectivity index (χ3n) is 3.57. The molecule has 1 atom stereocenters. The summed E-state index contributed by atoms with van der Waals surface area (Å²) in [5.41, 5.74) is 2.80. The molecule has 1 aliphatic rings. The number of fused-ring (bicyclic) bond motifs is 1. The zero-order valence-corrected chi connectivity index (χ0v) is 10.7. The molecular formula is C14H17N3O2. The van der Waals surface area contributed by atoms with E-state index in [1.165, 1.54) is 0 Å². The van der Waals surface area contributed by atoms with Gasteiger partial charge in [0.05, 0.1) is 12.3 Å². The fraction of sp³-hybridized carbons (Fsp3) is 0.429. The predicted molar refractivity (Wildman–Crippen MR) is 69.3 cm³/mol. The van der Waals surface area contributed by atoms with E-state index >= 15 is 0 Å². The molecule has 0 amide bonds. The Balaban J connectivity index is 1.62. The minimum absolute atomic E-state index is 0.0498. The monoisotopic (exact) mass is 259 g/mol. The first kappa shape index (κ1) is 12.3. The fourth-order valence-electron chi connectivity index (χ4n) is 2.51. The summed E-state index contributed by atoms with van der Waals surface area (Å²) in [5, 5.41) is 16.6. The fourth-order valence-corrected chi connectivity index (χ4v) is 2.51. The number of hydrogen-bond acceptors (Lipinski definition) is 5. The highest BCUT2D eigenvalue weighted by atomic mass is 16.5. The van der Waals surface area contributed by atoms with Crippen LogP contribution in [0.4, 0.5) is 0 Å². The first-order valence-corrected chi connectivity index (χ1v) is 6.57. The van der Waals surface area contributed by atoms with Crippen molar-refractivity contribution in [3.8, 4) is 0 Å². The first-order chi connectivity index (χ1) is 9.36. The van der Waals surface area contributed by atoms with Crippen molar-refractivity contribution in [1.82, 2.24) is 15.5 Å². The molecule has 0 radical (unpaired) electrons. The van der Waals surface area contributed by atoms with Crippen LogP contribution in [-0.2, 0) is 26.0 Å². The standard InChI is InChI=1S/C14H17N3O2/c18-9-13-12-7-10(4-5-14(12)19-17-13)16-8-11-3-1-2-6-15-11/h1-3,6,10,16,18H,4-5,7-9H2. The van der Waals surface area contributed by atoms with Crippen LogP contribution in [0.1, 0.15) is 29.1 Å². The van der Waals surface area contributed by atoms with E-state index in [1.54, 1.807) is 6.20 Å². The number of nitrogens with zero attached hydrogens (tertiary/aromatic N) is 2. The van der Waals surface area contributed by atoms with Gasteiger partial charge < -0.3 is 14.9 Å². The molecule has 100 valence electrons. The van der Waals surface area contributed by atoms with Crippen molar-refractivity contribution < 1.29 is 9.63 Å². The van der Waals surface area contributed by atoms with Crippen molar-refractivity contribution in [2.24, 2.45) is 0 Å². The van der Waals surface area contributed by atoms with Crippen LogP contribution >= 0.6 is 0 Å². The summed E-state index contributed by atoms with van der Waals surface area (Å²) in [6.45, 7) is 0.715. The van der Waals surface area contributed by atoms with Gasteiger partial charge in [-0.1, -0.05) is 11.2 Å². The second-order valence-electron chi connectivity index (χ2n) is 4.83. The van der Waals surface area contributed by atoms with Crippen LogP contribution in [0.5, 0.6) is 0 Å². The molecule has 0 aliphatic heterocycles. The summed E-state index contributed by atoms with van der Waals surface area (Å²) in [7, 11) is 0. The number of hydrogen-bond donors (Lipinski definition) is 2. The molecule has 0 spiro atoms. The molecule has 0 aromatic carbocycles. The van der Waals surface area contributed by atoms with E-state index in [9.17, 15) is 5.11 Å². The van der Waals surface area contributed by atoms with Crippen LogP contribution in [0.2, 0.25) is 0 Å². The molecule has 2 heterocycles. The number of aryl methyl sites for hydroxylation is 1. The lowest BCUT2D eigenvalue weighted by molar-refractivity contribution is 0.265. The highest BCUT2D eigenvalue weighted by Crippen LogP contribution is 2.24. The highest BCUT2D eigenvalue weighted by Gasteiger charge is 2.24. The van der Waals surface area contributed by atoms with Crippen LogP contribution in [0.3, 0.4) is 0 Å². The normalized spacial score (nSPS) is 18.3. The molecule has 0 saturated carbocycles. The second-order valence-corrected chi connectivity index (χ2v) is 4.83. The summed E-state index contributed by atoms with van der Waals surface area (Å²) < 4.78 is 5.24. The Morgan fingerprint density at radius 1 is 1.42 bits per heavy atom. The third kappa shape index (κ3) is 2.67. The van der Waals surface area contributed by atoms with E-state index in [2.05, 4.69) is 15.5 Å². The maximum Gasteiger partial charge on any atom is 0.140 e. The molecular weight excluding hydrogens is 242 g/mol. The van der Waals surface area contributed by atoms with Crippen molar-refractivity contribution >= 4 is 0 Å². The molecule has 19 heavy (non-hydrogen) atoms. The molecule has 3 rings (SSSR count). The number of aromatic nitrogens is 2. The van der Waals surface area contributed by atoms with Gasteiger partial charge in [0, 0.05) is 30.8 Å². The molecule has 0 saturated heterocycles. The molecule has 1 unspecified atom stereocenters. The van der Waals surface area contributed by atoms with Gasteiger partial charge in [-0.15, -0.1) is 0 Å². The summed E-state index contributed by atoms with van der Waals surface area (Å²) in [6.07, 6.45) is 4.57.